The molecule has 1 aromatic rings. The van der Waals surface area contributed by atoms with E-state index in [1.165, 1.54) is 25.7 Å². The molecule has 130 valence electrons. The fraction of sp³-hybridized carbons (Fsp3) is 0.611. The van der Waals surface area contributed by atoms with Gasteiger partial charge in [-0.25, -0.2) is 4.79 Å². The van der Waals surface area contributed by atoms with E-state index in [2.05, 4.69) is 12.2 Å². The van der Waals surface area contributed by atoms with Crippen LogP contribution in [0.3, 0.4) is 0 Å². The lowest BCUT2D eigenvalue weighted by Crippen LogP contribution is -2.22. The molecule has 0 unspecified atom stereocenters. The Labute approximate surface area is 140 Å². The van der Waals surface area contributed by atoms with Crippen molar-refractivity contribution >= 4 is 11.8 Å². The van der Waals surface area contributed by atoms with Crippen LogP contribution in [0.15, 0.2) is 24.3 Å². The fourth-order valence-corrected chi connectivity index (χ4v) is 2.00. The largest absolute Gasteiger partial charge is 0.494 e. The highest BCUT2D eigenvalue weighted by Crippen LogP contribution is 2.16. The third kappa shape index (κ3) is 9.79. The zero-order valence-corrected chi connectivity index (χ0v) is 14.6. The molecular formula is C18H30N2O3. The summed E-state index contributed by atoms with van der Waals surface area (Å²) in [5.41, 5.74) is 0.704. The normalized spacial score (nSPS) is 10.6. The number of hydrogen-bond acceptors (Lipinski definition) is 4. The summed E-state index contributed by atoms with van der Waals surface area (Å²) >= 11 is 0. The third-order valence-corrected chi connectivity index (χ3v) is 3.39. The minimum absolute atomic E-state index is 0.373. The Morgan fingerprint density at radius 1 is 1.04 bits per heavy atom. The van der Waals surface area contributed by atoms with E-state index in [9.17, 15) is 4.79 Å². The van der Waals surface area contributed by atoms with Gasteiger partial charge in [0.25, 0.3) is 0 Å². The maximum atomic E-state index is 11.6. The fourth-order valence-electron chi connectivity index (χ4n) is 2.00. The summed E-state index contributed by atoms with van der Waals surface area (Å²) in [5, 5.41) is 2.70. The van der Waals surface area contributed by atoms with Gasteiger partial charge in [0.1, 0.15) is 12.4 Å². The van der Waals surface area contributed by atoms with E-state index in [-0.39, 0.29) is 0 Å². The molecule has 0 atom stereocenters. The highest BCUT2D eigenvalue weighted by atomic mass is 16.5. The van der Waals surface area contributed by atoms with Gasteiger partial charge in [0.05, 0.1) is 6.61 Å². The summed E-state index contributed by atoms with van der Waals surface area (Å²) in [6.45, 7) is 4.03. The number of benzene rings is 1. The van der Waals surface area contributed by atoms with Gasteiger partial charge in [-0.3, -0.25) is 5.32 Å². The van der Waals surface area contributed by atoms with E-state index >= 15 is 0 Å². The molecule has 0 aliphatic carbocycles. The van der Waals surface area contributed by atoms with Crippen LogP contribution in [0.5, 0.6) is 5.75 Å². The SMILES string of the molecule is CCCCCCCOc1ccc(NC(=O)OCCN(C)C)cc1. The lowest BCUT2D eigenvalue weighted by atomic mass is 10.2. The van der Waals surface area contributed by atoms with Crippen molar-refractivity contribution in [2.75, 3.05) is 39.2 Å². The van der Waals surface area contributed by atoms with E-state index in [4.69, 9.17) is 9.47 Å². The first kappa shape index (κ1) is 19.3. The van der Waals surface area contributed by atoms with Gasteiger partial charge in [0, 0.05) is 12.2 Å². The Kier molecular flexibility index (Phi) is 9.87. The zero-order chi connectivity index (χ0) is 16.9. The van der Waals surface area contributed by atoms with Gasteiger partial charge in [-0.1, -0.05) is 32.6 Å². The molecule has 1 rings (SSSR count). The van der Waals surface area contributed by atoms with Crippen LogP contribution in [0.2, 0.25) is 0 Å². The average Bonchev–Trinajstić information content (AvgIpc) is 2.52. The van der Waals surface area contributed by atoms with E-state index in [1.54, 1.807) is 0 Å². The standard InChI is InChI=1S/C18H30N2O3/c1-4-5-6-7-8-14-22-17-11-9-16(10-12-17)19-18(21)23-15-13-20(2)3/h9-12H,4-8,13-15H2,1-3H3,(H,19,21). The molecule has 0 spiro atoms. The Morgan fingerprint density at radius 3 is 2.39 bits per heavy atom. The van der Waals surface area contributed by atoms with Crippen molar-refractivity contribution in [3.05, 3.63) is 24.3 Å². The molecule has 0 aliphatic heterocycles. The lowest BCUT2D eigenvalue weighted by molar-refractivity contribution is 0.151. The Balaban J connectivity index is 2.21. The minimum Gasteiger partial charge on any atom is -0.494 e. The number of likely N-dealkylation sites (N-methyl/N-ethyl adjacent to an activating group) is 1. The van der Waals surface area contributed by atoms with Crippen LogP contribution in [-0.2, 0) is 4.74 Å². The summed E-state index contributed by atoms with van der Waals surface area (Å²) in [6, 6.07) is 7.36. The van der Waals surface area contributed by atoms with E-state index in [0.717, 1.165) is 18.8 Å². The Hall–Kier alpha value is -1.75. The number of unbranched alkanes of at least 4 members (excludes halogenated alkanes) is 4. The number of nitrogens with zero attached hydrogens (tertiary/aromatic N) is 1. The Morgan fingerprint density at radius 2 is 1.74 bits per heavy atom. The van der Waals surface area contributed by atoms with Crippen molar-refractivity contribution in [1.29, 1.82) is 0 Å². The molecule has 0 fully saturated rings. The smallest absolute Gasteiger partial charge is 0.411 e. The van der Waals surface area contributed by atoms with Gasteiger partial charge < -0.3 is 14.4 Å². The van der Waals surface area contributed by atoms with Crippen LogP contribution >= 0.6 is 0 Å². The summed E-state index contributed by atoms with van der Waals surface area (Å²) in [4.78, 5) is 13.6. The topological polar surface area (TPSA) is 50.8 Å². The second-order valence-electron chi connectivity index (χ2n) is 5.85. The second-order valence-corrected chi connectivity index (χ2v) is 5.85. The highest BCUT2D eigenvalue weighted by molar-refractivity contribution is 5.84. The molecule has 5 heteroatoms. The first-order valence-corrected chi connectivity index (χ1v) is 8.43. The van der Waals surface area contributed by atoms with Crippen LogP contribution in [0.1, 0.15) is 39.0 Å². The first-order chi connectivity index (χ1) is 11.1. The molecule has 0 saturated heterocycles. The number of carbonyl (C=O) groups excluding carboxylic acids is 1. The van der Waals surface area contributed by atoms with Gasteiger partial charge in [-0.15, -0.1) is 0 Å². The predicted molar refractivity (Wildman–Crippen MR) is 94.2 cm³/mol. The van der Waals surface area contributed by atoms with Crippen LogP contribution < -0.4 is 10.1 Å². The predicted octanol–water partition coefficient (Wildman–Crippen LogP) is 4.15. The van der Waals surface area contributed by atoms with E-state index < -0.39 is 6.09 Å². The maximum absolute atomic E-state index is 11.6. The number of ether oxygens (including phenoxy) is 2. The van der Waals surface area contributed by atoms with Crippen LogP contribution in [-0.4, -0.2) is 44.8 Å². The van der Waals surface area contributed by atoms with E-state index in [1.807, 2.05) is 43.3 Å². The van der Waals surface area contributed by atoms with Crippen molar-refractivity contribution in [2.24, 2.45) is 0 Å². The number of amides is 1. The maximum Gasteiger partial charge on any atom is 0.411 e. The van der Waals surface area contributed by atoms with Gasteiger partial charge in [-0.2, -0.15) is 0 Å². The number of hydrogen-bond donors (Lipinski definition) is 1. The van der Waals surface area contributed by atoms with Crippen molar-refractivity contribution in [1.82, 2.24) is 4.90 Å². The highest BCUT2D eigenvalue weighted by Gasteiger charge is 2.03. The minimum atomic E-state index is -0.434. The molecule has 5 nitrogen and oxygen atoms in total. The van der Waals surface area contributed by atoms with Crippen LogP contribution in [0.4, 0.5) is 10.5 Å². The third-order valence-electron chi connectivity index (χ3n) is 3.39. The molecule has 1 amide bonds. The summed E-state index contributed by atoms with van der Waals surface area (Å²) < 4.78 is 10.8. The van der Waals surface area contributed by atoms with Crippen LogP contribution in [0, 0.1) is 0 Å². The monoisotopic (exact) mass is 322 g/mol. The molecule has 0 aliphatic rings. The second kappa shape index (κ2) is 11.8. The van der Waals surface area contributed by atoms with Crippen molar-refractivity contribution in [2.45, 2.75) is 39.0 Å². The molecule has 0 heterocycles. The molecule has 0 saturated carbocycles. The summed E-state index contributed by atoms with van der Waals surface area (Å²) in [7, 11) is 3.87. The molecule has 1 aromatic carbocycles. The van der Waals surface area contributed by atoms with Crippen molar-refractivity contribution in [3.8, 4) is 5.75 Å². The number of carbonyl (C=O) groups is 1. The zero-order valence-electron chi connectivity index (χ0n) is 14.6. The molecule has 0 aromatic heterocycles. The van der Waals surface area contributed by atoms with Gasteiger partial charge in [0.2, 0.25) is 0 Å². The number of nitrogens with one attached hydrogen (secondary N) is 1. The van der Waals surface area contributed by atoms with Crippen molar-refractivity contribution in [3.63, 3.8) is 0 Å². The van der Waals surface area contributed by atoms with Gasteiger partial charge in [0.15, 0.2) is 0 Å². The molecule has 23 heavy (non-hydrogen) atoms. The summed E-state index contributed by atoms with van der Waals surface area (Å²) in [6.07, 6.45) is 5.69. The van der Waals surface area contributed by atoms with Crippen molar-refractivity contribution < 1.29 is 14.3 Å². The molecule has 0 bridgehead atoms. The van der Waals surface area contributed by atoms with Crippen LogP contribution in [0.25, 0.3) is 0 Å². The van der Waals surface area contributed by atoms with Gasteiger partial charge in [-0.05, 0) is 44.8 Å². The lowest BCUT2D eigenvalue weighted by Gasteiger charge is -2.11. The molecular weight excluding hydrogens is 292 g/mol. The quantitative estimate of drug-likeness (QED) is 0.622. The number of rotatable bonds is 11. The van der Waals surface area contributed by atoms with Gasteiger partial charge >= 0.3 is 6.09 Å². The van der Waals surface area contributed by atoms with E-state index in [0.29, 0.717) is 18.8 Å². The molecule has 1 N–H and O–H groups in total. The first-order valence-electron chi connectivity index (χ1n) is 8.43. The average molecular weight is 322 g/mol. The number of anilines is 1. The Bertz CT molecular complexity index is 432. The summed E-state index contributed by atoms with van der Waals surface area (Å²) in [5.74, 6) is 0.826. The molecule has 0 radical (unpaired) electrons.